The number of carbonyl (C=O) groups excluding carboxylic acids is 1. The van der Waals surface area contributed by atoms with Crippen LogP contribution in [0.4, 0.5) is 0 Å². The third kappa shape index (κ3) is 3.29. The summed E-state index contributed by atoms with van der Waals surface area (Å²) in [6.07, 6.45) is 0. The third-order valence-electron chi connectivity index (χ3n) is 2.77. The second-order valence-electron chi connectivity index (χ2n) is 4.24. The van der Waals surface area contributed by atoms with E-state index < -0.39 is 5.91 Å². The van der Waals surface area contributed by atoms with Crippen molar-refractivity contribution in [1.82, 2.24) is 5.32 Å². The first-order valence-electron chi connectivity index (χ1n) is 6.11. The van der Waals surface area contributed by atoms with Gasteiger partial charge in [-0.05, 0) is 31.3 Å². The summed E-state index contributed by atoms with van der Waals surface area (Å²) in [6, 6.07) is 12.2. The second kappa shape index (κ2) is 6.41. The highest BCUT2D eigenvalue weighted by atomic mass is 35.5. The number of carbonyl (C=O) groups is 1. The molecule has 2 rings (SSSR count). The Kier molecular flexibility index (Phi) is 4.61. The molecule has 5 heteroatoms. The summed E-state index contributed by atoms with van der Waals surface area (Å²) in [5.41, 5.74) is 6.61. The van der Waals surface area contributed by atoms with Crippen molar-refractivity contribution in [3.8, 4) is 11.5 Å². The maximum atomic E-state index is 11.4. The van der Waals surface area contributed by atoms with Gasteiger partial charge in [-0.2, -0.15) is 0 Å². The highest BCUT2D eigenvalue weighted by Crippen LogP contribution is 2.30. The van der Waals surface area contributed by atoms with E-state index >= 15 is 0 Å². The Labute approximate surface area is 122 Å². The van der Waals surface area contributed by atoms with Crippen LogP contribution in [0.1, 0.15) is 15.9 Å². The van der Waals surface area contributed by atoms with E-state index in [4.69, 9.17) is 22.1 Å². The van der Waals surface area contributed by atoms with Gasteiger partial charge in [0.15, 0.2) is 0 Å². The molecule has 0 aliphatic rings. The molecular weight excluding hydrogens is 276 g/mol. The number of hydrogen-bond donors (Lipinski definition) is 2. The molecule has 2 aromatic rings. The van der Waals surface area contributed by atoms with Crippen LogP contribution in [0.5, 0.6) is 11.5 Å². The zero-order chi connectivity index (χ0) is 14.5. The van der Waals surface area contributed by atoms with Gasteiger partial charge >= 0.3 is 0 Å². The van der Waals surface area contributed by atoms with Crippen molar-refractivity contribution in [3.05, 3.63) is 58.6 Å². The molecule has 0 bridgehead atoms. The Bertz CT molecular complexity index is 629. The van der Waals surface area contributed by atoms with Gasteiger partial charge in [-0.3, -0.25) is 4.79 Å². The Morgan fingerprint density at radius 3 is 2.70 bits per heavy atom. The molecular formula is C15H15ClN2O2. The Morgan fingerprint density at radius 1 is 1.25 bits per heavy atom. The average molecular weight is 291 g/mol. The second-order valence-corrected chi connectivity index (χ2v) is 4.68. The van der Waals surface area contributed by atoms with Crippen LogP contribution in [0.2, 0.25) is 5.02 Å². The summed E-state index contributed by atoms with van der Waals surface area (Å²) in [4.78, 5) is 11.4. The van der Waals surface area contributed by atoms with Crippen LogP contribution in [-0.4, -0.2) is 13.0 Å². The van der Waals surface area contributed by atoms with Crippen LogP contribution in [0, 0.1) is 0 Å². The predicted molar refractivity (Wildman–Crippen MR) is 79.2 cm³/mol. The number of ether oxygens (including phenoxy) is 1. The molecule has 104 valence electrons. The molecule has 0 atom stereocenters. The Morgan fingerprint density at radius 2 is 2.00 bits per heavy atom. The highest BCUT2D eigenvalue weighted by molar-refractivity contribution is 6.30. The van der Waals surface area contributed by atoms with Gasteiger partial charge in [0, 0.05) is 17.1 Å². The standard InChI is InChI=1S/C15H15ClN2O2/c1-18-9-10-6-7-11(16)8-14(10)20-13-5-3-2-4-12(13)15(17)19/h2-8,18H,9H2,1H3,(H2,17,19). The number of rotatable bonds is 5. The molecule has 20 heavy (non-hydrogen) atoms. The number of primary amides is 1. The summed E-state index contributed by atoms with van der Waals surface area (Å²) < 4.78 is 5.81. The van der Waals surface area contributed by atoms with Crippen LogP contribution in [0.25, 0.3) is 0 Å². The van der Waals surface area contributed by atoms with Crippen LogP contribution >= 0.6 is 11.6 Å². The van der Waals surface area contributed by atoms with Gasteiger partial charge in [0.2, 0.25) is 0 Å². The van der Waals surface area contributed by atoms with Gasteiger partial charge in [0.05, 0.1) is 5.56 Å². The average Bonchev–Trinajstić information content (AvgIpc) is 2.42. The first kappa shape index (κ1) is 14.4. The molecule has 0 saturated carbocycles. The first-order chi connectivity index (χ1) is 9.61. The lowest BCUT2D eigenvalue weighted by Crippen LogP contribution is -2.12. The fourth-order valence-corrected chi connectivity index (χ4v) is 2.00. The fraction of sp³-hybridized carbons (Fsp3) is 0.133. The highest BCUT2D eigenvalue weighted by Gasteiger charge is 2.11. The molecule has 0 heterocycles. The van der Waals surface area contributed by atoms with Gasteiger partial charge in [-0.25, -0.2) is 0 Å². The molecule has 4 nitrogen and oxygen atoms in total. The predicted octanol–water partition coefficient (Wildman–Crippen LogP) is 2.95. The zero-order valence-corrected chi connectivity index (χ0v) is 11.8. The van der Waals surface area contributed by atoms with E-state index in [0.29, 0.717) is 28.6 Å². The topological polar surface area (TPSA) is 64.3 Å². The molecule has 1 amide bonds. The van der Waals surface area contributed by atoms with Crippen molar-refractivity contribution >= 4 is 17.5 Å². The van der Waals surface area contributed by atoms with Crippen molar-refractivity contribution in [2.75, 3.05) is 7.05 Å². The molecule has 0 fully saturated rings. The van der Waals surface area contributed by atoms with Gasteiger partial charge < -0.3 is 15.8 Å². The lowest BCUT2D eigenvalue weighted by Gasteiger charge is -2.13. The summed E-state index contributed by atoms with van der Waals surface area (Å²) in [5.74, 6) is 0.484. The first-order valence-corrected chi connectivity index (χ1v) is 6.49. The molecule has 0 saturated heterocycles. The quantitative estimate of drug-likeness (QED) is 0.890. The Balaban J connectivity index is 2.39. The minimum atomic E-state index is -0.530. The van der Waals surface area contributed by atoms with Gasteiger partial charge in [-0.15, -0.1) is 0 Å². The van der Waals surface area contributed by atoms with Crippen LogP contribution < -0.4 is 15.8 Å². The minimum absolute atomic E-state index is 0.336. The van der Waals surface area contributed by atoms with Crippen LogP contribution in [0.3, 0.4) is 0 Å². The van der Waals surface area contributed by atoms with Crippen molar-refractivity contribution in [1.29, 1.82) is 0 Å². The number of amides is 1. The molecule has 0 aromatic heterocycles. The van der Waals surface area contributed by atoms with Crippen molar-refractivity contribution < 1.29 is 9.53 Å². The van der Waals surface area contributed by atoms with E-state index in [-0.39, 0.29) is 0 Å². The zero-order valence-electron chi connectivity index (χ0n) is 11.0. The molecule has 0 unspecified atom stereocenters. The number of hydrogen-bond acceptors (Lipinski definition) is 3. The molecule has 0 spiro atoms. The van der Waals surface area contributed by atoms with Gasteiger partial charge in [-0.1, -0.05) is 29.8 Å². The molecule has 0 radical (unpaired) electrons. The van der Waals surface area contributed by atoms with Gasteiger partial charge in [0.1, 0.15) is 11.5 Å². The van der Waals surface area contributed by atoms with Crippen molar-refractivity contribution in [2.24, 2.45) is 5.73 Å². The van der Waals surface area contributed by atoms with E-state index in [0.717, 1.165) is 5.56 Å². The summed E-state index contributed by atoms with van der Waals surface area (Å²) in [7, 11) is 1.84. The number of benzene rings is 2. The monoisotopic (exact) mass is 290 g/mol. The summed E-state index contributed by atoms with van der Waals surface area (Å²) in [6.45, 7) is 0.630. The fourth-order valence-electron chi connectivity index (χ4n) is 1.84. The van der Waals surface area contributed by atoms with E-state index in [1.54, 1.807) is 36.4 Å². The van der Waals surface area contributed by atoms with Crippen LogP contribution in [0.15, 0.2) is 42.5 Å². The lowest BCUT2D eigenvalue weighted by atomic mass is 10.1. The largest absolute Gasteiger partial charge is 0.456 e. The Hall–Kier alpha value is -2.04. The van der Waals surface area contributed by atoms with Crippen molar-refractivity contribution in [2.45, 2.75) is 6.54 Å². The van der Waals surface area contributed by atoms with E-state index in [9.17, 15) is 4.79 Å². The maximum absolute atomic E-state index is 11.4. The lowest BCUT2D eigenvalue weighted by molar-refractivity contribution is 0.0998. The molecule has 0 aliphatic heterocycles. The van der Waals surface area contributed by atoms with E-state index in [2.05, 4.69) is 5.32 Å². The number of nitrogens with two attached hydrogens (primary N) is 1. The smallest absolute Gasteiger partial charge is 0.252 e. The maximum Gasteiger partial charge on any atom is 0.252 e. The number of para-hydroxylation sites is 1. The van der Waals surface area contributed by atoms with Crippen molar-refractivity contribution in [3.63, 3.8) is 0 Å². The minimum Gasteiger partial charge on any atom is -0.456 e. The number of nitrogens with one attached hydrogen (secondary N) is 1. The molecule has 2 aromatic carbocycles. The van der Waals surface area contributed by atoms with E-state index in [1.807, 2.05) is 13.1 Å². The third-order valence-corrected chi connectivity index (χ3v) is 3.00. The summed E-state index contributed by atoms with van der Waals surface area (Å²) in [5, 5.41) is 3.62. The molecule has 0 aliphatic carbocycles. The van der Waals surface area contributed by atoms with Gasteiger partial charge in [0.25, 0.3) is 5.91 Å². The van der Waals surface area contributed by atoms with Crippen LogP contribution in [-0.2, 0) is 6.54 Å². The summed E-state index contributed by atoms with van der Waals surface area (Å²) >= 11 is 5.99. The normalized spacial score (nSPS) is 10.3. The number of halogens is 1. The molecule has 3 N–H and O–H groups in total. The SMILES string of the molecule is CNCc1ccc(Cl)cc1Oc1ccccc1C(N)=O. The van der Waals surface area contributed by atoms with E-state index in [1.165, 1.54) is 0 Å².